The molecule has 3 aromatic rings. The Morgan fingerprint density at radius 3 is 2.59 bits per heavy atom. The molecule has 3 aromatic heterocycles. The summed E-state index contributed by atoms with van der Waals surface area (Å²) in [6.07, 6.45) is -0.104. The van der Waals surface area contributed by atoms with Crippen molar-refractivity contribution in [2.75, 3.05) is 0 Å². The van der Waals surface area contributed by atoms with Crippen LogP contribution in [0.4, 0.5) is 13.2 Å². The van der Waals surface area contributed by atoms with Gasteiger partial charge in [-0.3, -0.25) is 9.48 Å². The predicted octanol–water partition coefficient (Wildman–Crippen LogP) is 3.78. The number of halogens is 4. The summed E-state index contributed by atoms with van der Waals surface area (Å²) in [6.45, 7) is 1.68. The summed E-state index contributed by atoms with van der Waals surface area (Å²) in [5.74, 6) is 0. The van der Waals surface area contributed by atoms with Gasteiger partial charge < -0.3 is 9.67 Å². The summed E-state index contributed by atoms with van der Waals surface area (Å²) < 4.78 is 42.0. The van der Waals surface area contributed by atoms with Gasteiger partial charge >= 0.3 is 6.18 Å². The molecule has 0 radical (unpaired) electrons. The number of alkyl halides is 3. The average molecular weight is 427 g/mol. The van der Waals surface area contributed by atoms with Crippen LogP contribution < -0.4 is 5.56 Å². The maximum atomic E-state index is 13.0. The van der Waals surface area contributed by atoms with E-state index in [1.54, 1.807) is 30.8 Å². The first-order valence-electron chi connectivity index (χ1n) is 9.12. The van der Waals surface area contributed by atoms with Gasteiger partial charge in [-0.05, 0) is 31.4 Å². The zero-order valence-corrected chi connectivity index (χ0v) is 16.4. The minimum atomic E-state index is -4.70. The Hall–Kier alpha value is -2.39. The van der Waals surface area contributed by atoms with Crippen LogP contribution in [0.3, 0.4) is 0 Å². The quantitative estimate of drug-likeness (QED) is 0.689. The van der Waals surface area contributed by atoms with Crippen LogP contribution in [-0.4, -0.2) is 24.4 Å². The molecule has 1 aliphatic carbocycles. The van der Waals surface area contributed by atoms with Crippen LogP contribution in [0.1, 0.15) is 49.2 Å². The molecule has 6 nitrogen and oxygen atoms in total. The summed E-state index contributed by atoms with van der Waals surface area (Å²) in [5.41, 5.74) is -2.61. The molecule has 0 bridgehead atoms. The highest BCUT2D eigenvalue weighted by atomic mass is 35.5. The zero-order chi connectivity index (χ0) is 21.1. The van der Waals surface area contributed by atoms with Crippen LogP contribution in [0.25, 0.3) is 10.9 Å². The highest BCUT2D eigenvalue weighted by Crippen LogP contribution is 2.40. The van der Waals surface area contributed by atoms with Gasteiger partial charge in [-0.2, -0.15) is 18.3 Å². The molecule has 4 rings (SSSR count). The fourth-order valence-electron chi connectivity index (χ4n) is 3.71. The Labute approximate surface area is 168 Å². The van der Waals surface area contributed by atoms with E-state index in [9.17, 15) is 23.1 Å². The van der Waals surface area contributed by atoms with Crippen molar-refractivity contribution < 1.29 is 18.3 Å². The van der Waals surface area contributed by atoms with Gasteiger partial charge in [-0.25, -0.2) is 4.98 Å². The Morgan fingerprint density at radius 1 is 1.34 bits per heavy atom. The highest BCUT2D eigenvalue weighted by Gasteiger charge is 2.40. The molecule has 1 unspecified atom stereocenters. The smallest absolute Gasteiger partial charge is 0.379 e. The molecule has 1 fully saturated rings. The number of aryl methyl sites for hydroxylation is 1. The average Bonchev–Trinajstić information content (AvgIpc) is 3.42. The van der Waals surface area contributed by atoms with Gasteiger partial charge in [0.15, 0.2) is 11.2 Å². The van der Waals surface area contributed by atoms with Crippen molar-refractivity contribution in [3.05, 3.63) is 56.9 Å². The van der Waals surface area contributed by atoms with Crippen molar-refractivity contribution in [3.63, 3.8) is 0 Å². The van der Waals surface area contributed by atoms with Crippen LogP contribution >= 0.6 is 11.6 Å². The molecular formula is C19H18ClF3N4O2. The number of fused-ring (bicyclic) bond motifs is 1. The summed E-state index contributed by atoms with van der Waals surface area (Å²) in [7, 11) is 1.58. The van der Waals surface area contributed by atoms with Gasteiger partial charge in [0.05, 0.1) is 10.7 Å². The molecule has 1 aliphatic rings. The molecule has 0 aromatic carbocycles. The molecular weight excluding hydrogens is 409 g/mol. The molecule has 29 heavy (non-hydrogen) atoms. The van der Waals surface area contributed by atoms with Crippen molar-refractivity contribution in [1.82, 2.24) is 19.3 Å². The standard InChI is InChI=1S/C19H18ClF3N4O2/c1-3-18(29,10-8-13(20)15(24-9-10)19(21,22)23)16-12-6-7-27(11-4-5-11)17(28)14(12)25-26(16)2/h6-9,11,29H,3-5H2,1-2H3. The number of hydrogen-bond donors (Lipinski definition) is 1. The lowest BCUT2D eigenvalue weighted by atomic mass is 9.87. The lowest BCUT2D eigenvalue weighted by Crippen LogP contribution is -2.30. The van der Waals surface area contributed by atoms with Crippen molar-refractivity contribution in [1.29, 1.82) is 0 Å². The van der Waals surface area contributed by atoms with E-state index in [2.05, 4.69) is 10.1 Å². The molecule has 1 atom stereocenters. The third-order valence-electron chi connectivity index (χ3n) is 5.35. The molecule has 10 heteroatoms. The SMILES string of the molecule is CCC(O)(c1cnc(C(F)(F)F)c(Cl)c1)c1c2ccn(C3CC3)c(=O)c2nn1C. The minimum Gasteiger partial charge on any atom is -0.379 e. The largest absolute Gasteiger partial charge is 0.434 e. The Balaban J connectivity index is 1.90. The van der Waals surface area contributed by atoms with E-state index in [0.29, 0.717) is 11.1 Å². The van der Waals surface area contributed by atoms with E-state index in [-0.39, 0.29) is 29.1 Å². The number of pyridine rings is 2. The number of nitrogens with zero attached hydrogens (tertiary/aromatic N) is 4. The molecule has 0 amide bonds. The second-order valence-corrected chi connectivity index (χ2v) is 7.67. The van der Waals surface area contributed by atoms with E-state index in [4.69, 9.17) is 11.6 Å². The molecule has 0 saturated heterocycles. The van der Waals surface area contributed by atoms with Crippen LogP contribution in [-0.2, 0) is 18.8 Å². The van der Waals surface area contributed by atoms with Crippen LogP contribution in [0, 0.1) is 0 Å². The van der Waals surface area contributed by atoms with E-state index >= 15 is 0 Å². The summed E-state index contributed by atoms with van der Waals surface area (Å²) in [5, 5.41) is 15.6. The first-order chi connectivity index (χ1) is 13.6. The molecule has 1 N–H and O–H groups in total. The van der Waals surface area contributed by atoms with Crippen LogP contribution in [0.2, 0.25) is 5.02 Å². The lowest BCUT2D eigenvalue weighted by Gasteiger charge is -2.28. The van der Waals surface area contributed by atoms with Crippen molar-refractivity contribution in [2.45, 2.75) is 44.0 Å². The Bertz CT molecular complexity index is 1170. The molecule has 154 valence electrons. The fraction of sp³-hybridized carbons (Fsp3) is 0.421. The van der Waals surface area contributed by atoms with Crippen molar-refractivity contribution in [2.24, 2.45) is 7.05 Å². The topological polar surface area (TPSA) is 72.9 Å². The third-order valence-corrected chi connectivity index (χ3v) is 5.64. The molecule has 3 heterocycles. The minimum absolute atomic E-state index is 0.0919. The Morgan fingerprint density at radius 2 is 2.03 bits per heavy atom. The van der Waals surface area contributed by atoms with E-state index in [1.165, 1.54) is 4.68 Å². The highest BCUT2D eigenvalue weighted by molar-refractivity contribution is 6.31. The monoisotopic (exact) mass is 426 g/mol. The van der Waals surface area contributed by atoms with Gasteiger partial charge in [0.1, 0.15) is 5.60 Å². The molecule has 0 aliphatic heterocycles. The summed E-state index contributed by atoms with van der Waals surface area (Å²) >= 11 is 5.81. The maximum absolute atomic E-state index is 13.0. The van der Waals surface area contributed by atoms with Crippen LogP contribution in [0.15, 0.2) is 29.3 Å². The van der Waals surface area contributed by atoms with Crippen LogP contribution in [0.5, 0.6) is 0 Å². The van der Waals surface area contributed by atoms with Gasteiger partial charge in [-0.15, -0.1) is 0 Å². The van der Waals surface area contributed by atoms with Crippen molar-refractivity contribution in [3.8, 4) is 0 Å². The third kappa shape index (κ3) is 3.12. The van der Waals surface area contributed by atoms with E-state index in [0.717, 1.165) is 25.1 Å². The summed E-state index contributed by atoms with van der Waals surface area (Å²) in [6, 6.07) is 2.93. The summed E-state index contributed by atoms with van der Waals surface area (Å²) in [4.78, 5) is 16.2. The lowest BCUT2D eigenvalue weighted by molar-refractivity contribution is -0.141. The van der Waals surface area contributed by atoms with Gasteiger partial charge in [-0.1, -0.05) is 18.5 Å². The number of aliphatic hydroxyl groups is 1. The second-order valence-electron chi connectivity index (χ2n) is 7.26. The number of rotatable bonds is 4. The second kappa shape index (κ2) is 6.56. The van der Waals surface area contributed by atoms with E-state index < -0.39 is 22.5 Å². The van der Waals surface area contributed by atoms with Gasteiger partial charge in [0.25, 0.3) is 5.56 Å². The van der Waals surface area contributed by atoms with E-state index in [1.807, 2.05) is 0 Å². The zero-order valence-electron chi connectivity index (χ0n) is 15.7. The Kier molecular flexibility index (Phi) is 4.51. The normalized spacial score (nSPS) is 16.9. The first kappa shape index (κ1) is 19.9. The molecule has 1 saturated carbocycles. The van der Waals surface area contributed by atoms with Gasteiger partial charge in [0, 0.05) is 36.4 Å². The predicted molar refractivity (Wildman–Crippen MR) is 101 cm³/mol. The number of aromatic nitrogens is 4. The maximum Gasteiger partial charge on any atom is 0.434 e. The van der Waals surface area contributed by atoms with Gasteiger partial charge in [0.2, 0.25) is 0 Å². The van der Waals surface area contributed by atoms with Crippen molar-refractivity contribution >= 4 is 22.5 Å². The fourth-order valence-corrected chi connectivity index (χ4v) is 3.99. The number of hydrogen-bond acceptors (Lipinski definition) is 4. The first-order valence-corrected chi connectivity index (χ1v) is 9.49. The molecule has 0 spiro atoms.